The van der Waals surface area contributed by atoms with Gasteiger partial charge in [-0.2, -0.15) is 0 Å². The summed E-state index contributed by atoms with van der Waals surface area (Å²) in [7, 11) is 0. The molecule has 0 aromatic carbocycles. The Morgan fingerprint density at radius 2 is 1.95 bits per heavy atom. The predicted molar refractivity (Wildman–Crippen MR) is 69.9 cm³/mol. The van der Waals surface area contributed by atoms with Gasteiger partial charge in [0.25, 0.3) is 0 Å². The molecule has 8 nitrogen and oxygen atoms in total. The van der Waals surface area contributed by atoms with Crippen LogP contribution < -0.4 is 10.6 Å². The Morgan fingerprint density at radius 1 is 1.25 bits per heavy atom. The molecular weight excluding hydrogens is 260 g/mol. The maximum absolute atomic E-state index is 10.9. The lowest BCUT2D eigenvalue weighted by Crippen LogP contribution is -2.46. The highest BCUT2D eigenvalue weighted by molar-refractivity contribution is 4.94. The van der Waals surface area contributed by atoms with E-state index < -0.39 is 5.76 Å². The van der Waals surface area contributed by atoms with Crippen molar-refractivity contribution >= 4 is 0 Å². The van der Waals surface area contributed by atoms with E-state index in [4.69, 9.17) is 0 Å². The highest BCUT2D eigenvalue weighted by atomic mass is 16.5. The number of hydrogen-bond donors (Lipinski definition) is 2. The van der Waals surface area contributed by atoms with E-state index in [-0.39, 0.29) is 10.8 Å². The molecule has 0 bridgehead atoms. The van der Waals surface area contributed by atoms with E-state index in [9.17, 15) is 4.79 Å². The van der Waals surface area contributed by atoms with E-state index in [1.807, 2.05) is 0 Å². The molecule has 0 fully saturated rings. The fourth-order valence-corrected chi connectivity index (χ4v) is 1.90. The van der Waals surface area contributed by atoms with E-state index in [0.29, 0.717) is 18.8 Å². The Bertz CT molecular complexity index is 631. The first kappa shape index (κ1) is 14.4. The molecule has 0 unspecified atom stereocenters. The van der Waals surface area contributed by atoms with Gasteiger partial charge >= 0.3 is 11.6 Å². The zero-order valence-electron chi connectivity index (χ0n) is 12.5. The summed E-state index contributed by atoms with van der Waals surface area (Å²) in [6, 6.07) is 0. The Hall–Kier alpha value is -1.99. The molecule has 2 rings (SSSR count). The van der Waals surface area contributed by atoms with Crippen molar-refractivity contribution in [1.82, 2.24) is 25.6 Å². The summed E-state index contributed by atoms with van der Waals surface area (Å²) in [5, 5.41) is 15.3. The molecule has 0 saturated heterocycles. The van der Waals surface area contributed by atoms with Crippen LogP contribution in [0.4, 0.5) is 0 Å². The lowest BCUT2D eigenvalue weighted by atomic mass is 9.89. The Kier molecular flexibility index (Phi) is 3.49. The highest BCUT2D eigenvalue weighted by Crippen LogP contribution is 2.20. The minimum absolute atomic E-state index is 0.0940. The fraction of sp³-hybridized carbons (Fsp3) is 0.750. The summed E-state index contributed by atoms with van der Waals surface area (Å²) in [5.41, 5.74) is -0.248. The number of tetrazole rings is 1. The summed E-state index contributed by atoms with van der Waals surface area (Å²) in [6.45, 7) is 10.9. The van der Waals surface area contributed by atoms with Gasteiger partial charge in [0.05, 0.1) is 10.5 Å². The highest BCUT2D eigenvalue weighted by Gasteiger charge is 2.30. The topological polar surface area (TPSA) is 104 Å². The molecule has 110 valence electrons. The number of nitrogens with zero attached hydrogens (tertiary/aromatic N) is 4. The summed E-state index contributed by atoms with van der Waals surface area (Å²) in [6.07, 6.45) is 0.581. The normalized spacial score (nSPS) is 12.8. The van der Waals surface area contributed by atoms with Crippen molar-refractivity contribution in [3.63, 3.8) is 0 Å². The van der Waals surface area contributed by atoms with Crippen molar-refractivity contribution in [3.05, 3.63) is 22.2 Å². The molecule has 2 heterocycles. The van der Waals surface area contributed by atoms with Gasteiger partial charge in [-0.1, -0.05) is 44.6 Å². The van der Waals surface area contributed by atoms with Gasteiger partial charge in [-0.05, 0) is 10.3 Å². The van der Waals surface area contributed by atoms with Crippen molar-refractivity contribution in [2.24, 2.45) is 5.41 Å². The number of aromatic amines is 2. The van der Waals surface area contributed by atoms with Crippen LogP contribution in [0.25, 0.3) is 0 Å². The molecule has 8 heteroatoms. The van der Waals surface area contributed by atoms with Crippen LogP contribution in [0, 0.1) is 5.41 Å². The maximum Gasteiger partial charge on any atom is 0.438 e. The number of hydrogen-bond acceptors (Lipinski definition) is 5. The third kappa shape index (κ3) is 3.52. The minimum Gasteiger partial charge on any atom is -0.296 e. The van der Waals surface area contributed by atoms with E-state index in [0.717, 1.165) is 5.82 Å². The third-order valence-corrected chi connectivity index (χ3v) is 2.87. The van der Waals surface area contributed by atoms with Crippen LogP contribution in [0.3, 0.4) is 0 Å². The summed E-state index contributed by atoms with van der Waals surface area (Å²) in [4.78, 5) is 15.2. The summed E-state index contributed by atoms with van der Waals surface area (Å²) >= 11 is 0. The molecule has 0 aliphatic carbocycles. The van der Waals surface area contributed by atoms with E-state index in [1.165, 1.54) is 0 Å². The molecule has 0 aliphatic rings. The zero-order valence-corrected chi connectivity index (χ0v) is 12.5. The van der Waals surface area contributed by atoms with Crippen LogP contribution in [0.15, 0.2) is 9.32 Å². The van der Waals surface area contributed by atoms with Crippen molar-refractivity contribution in [2.75, 3.05) is 0 Å². The molecule has 0 atom stereocenters. The molecule has 0 radical (unpaired) electrons. The second-order valence-corrected chi connectivity index (χ2v) is 6.83. The molecule has 20 heavy (non-hydrogen) atoms. The Morgan fingerprint density at radius 3 is 2.45 bits per heavy atom. The lowest BCUT2D eigenvalue weighted by molar-refractivity contribution is -0.814. The standard InChI is InChI=1S/C12H20N6O2/c1-11(2,3)9-14-17-18(15-9)7-12(4,5)6-8-13-10(19)20-16-8/h6-7H2,1-5H3,(H,13,16,19)/p+1. The van der Waals surface area contributed by atoms with Gasteiger partial charge in [0, 0.05) is 11.8 Å². The minimum atomic E-state index is -0.530. The second kappa shape index (κ2) is 4.84. The van der Waals surface area contributed by atoms with Gasteiger partial charge < -0.3 is 0 Å². The number of nitrogens with one attached hydrogen (secondary N) is 2. The largest absolute Gasteiger partial charge is 0.438 e. The number of H-pyrrole nitrogens is 2. The number of aromatic nitrogens is 6. The van der Waals surface area contributed by atoms with Crippen LogP contribution in [-0.2, 0) is 18.4 Å². The average molecular weight is 281 g/mol. The van der Waals surface area contributed by atoms with Gasteiger partial charge in [-0.25, -0.2) is 4.79 Å². The Labute approximate surface area is 116 Å². The van der Waals surface area contributed by atoms with Crippen molar-refractivity contribution in [1.29, 1.82) is 0 Å². The van der Waals surface area contributed by atoms with Gasteiger partial charge in [-0.3, -0.25) is 9.51 Å². The predicted octanol–water partition coefficient (Wildman–Crippen LogP) is 0.335. The van der Waals surface area contributed by atoms with Crippen LogP contribution in [0.5, 0.6) is 0 Å². The smallest absolute Gasteiger partial charge is 0.296 e. The van der Waals surface area contributed by atoms with E-state index in [1.54, 1.807) is 4.80 Å². The second-order valence-electron chi connectivity index (χ2n) is 6.83. The maximum atomic E-state index is 10.9. The van der Waals surface area contributed by atoms with Crippen LogP contribution in [0.1, 0.15) is 46.3 Å². The first-order valence-electron chi connectivity index (χ1n) is 6.54. The van der Waals surface area contributed by atoms with Crippen LogP contribution >= 0.6 is 0 Å². The molecule has 2 aromatic heterocycles. The fourth-order valence-electron chi connectivity index (χ4n) is 1.90. The van der Waals surface area contributed by atoms with Crippen LogP contribution in [-0.4, -0.2) is 25.6 Å². The first-order chi connectivity index (χ1) is 9.16. The van der Waals surface area contributed by atoms with Crippen LogP contribution in [0.2, 0.25) is 0 Å². The quantitative estimate of drug-likeness (QED) is 0.786. The van der Waals surface area contributed by atoms with E-state index in [2.05, 4.69) is 64.7 Å². The molecular formula is C12H21N6O2+. The molecule has 0 spiro atoms. The average Bonchev–Trinajstić information content (AvgIpc) is 2.86. The van der Waals surface area contributed by atoms with Gasteiger partial charge in [0.15, 0.2) is 5.82 Å². The third-order valence-electron chi connectivity index (χ3n) is 2.87. The summed E-state index contributed by atoms with van der Waals surface area (Å²) in [5.74, 6) is 0.775. The molecule has 2 N–H and O–H groups in total. The monoisotopic (exact) mass is 281 g/mol. The van der Waals surface area contributed by atoms with Crippen molar-refractivity contribution < 1.29 is 9.32 Å². The van der Waals surface area contributed by atoms with E-state index >= 15 is 0 Å². The van der Waals surface area contributed by atoms with Gasteiger partial charge in [-0.15, -0.1) is 0 Å². The first-order valence-corrected chi connectivity index (χ1v) is 6.54. The SMILES string of the molecule is CC(C)(Cc1noc(=O)[nH]1)C[n+]1nc(C(C)(C)C)n[nH]1. The molecule has 2 aromatic rings. The molecule has 0 amide bonds. The zero-order chi connectivity index (χ0) is 15.0. The summed E-state index contributed by atoms with van der Waals surface area (Å²) < 4.78 is 4.51. The van der Waals surface area contributed by atoms with Gasteiger partial charge in [0.2, 0.25) is 0 Å². The van der Waals surface area contributed by atoms with Crippen molar-refractivity contribution in [2.45, 2.75) is 53.0 Å². The number of rotatable bonds is 4. The van der Waals surface area contributed by atoms with Gasteiger partial charge in [0.1, 0.15) is 6.54 Å². The lowest BCUT2D eigenvalue weighted by Gasteiger charge is -2.18. The Balaban J connectivity index is 2.08. The molecule has 0 saturated carbocycles. The molecule has 0 aliphatic heterocycles. The van der Waals surface area contributed by atoms with Crippen molar-refractivity contribution in [3.8, 4) is 0 Å².